The number of ether oxygens (including phenoxy) is 2. The van der Waals surface area contributed by atoms with E-state index in [2.05, 4.69) is 13.8 Å². The topological polar surface area (TPSA) is 44.5 Å². The molecule has 0 aromatic carbocycles. The van der Waals surface area contributed by atoms with Crippen molar-refractivity contribution in [2.24, 2.45) is 5.73 Å². The van der Waals surface area contributed by atoms with Crippen LogP contribution in [0.4, 0.5) is 0 Å². The minimum absolute atomic E-state index is 0.0613. The zero-order valence-corrected chi connectivity index (χ0v) is 10.1. The highest BCUT2D eigenvalue weighted by Crippen LogP contribution is 2.43. The molecule has 2 bridgehead atoms. The Bertz CT molecular complexity index is 242. The maximum Gasteiger partial charge on any atom is 0.0760 e. The first-order valence-corrected chi connectivity index (χ1v) is 5.95. The van der Waals surface area contributed by atoms with Crippen LogP contribution in [0.1, 0.15) is 46.0 Å². The molecule has 2 fully saturated rings. The highest BCUT2D eigenvalue weighted by atomic mass is 16.5. The van der Waals surface area contributed by atoms with E-state index in [9.17, 15) is 0 Å². The molecule has 0 radical (unpaired) electrons. The van der Waals surface area contributed by atoms with Crippen molar-refractivity contribution in [1.82, 2.24) is 0 Å². The first-order valence-electron chi connectivity index (χ1n) is 5.95. The fourth-order valence-corrected chi connectivity index (χ4v) is 2.73. The Kier molecular flexibility index (Phi) is 2.82. The molecule has 0 aromatic rings. The molecule has 3 heteroatoms. The van der Waals surface area contributed by atoms with Crippen LogP contribution >= 0.6 is 0 Å². The van der Waals surface area contributed by atoms with E-state index in [-0.39, 0.29) is 11.1 Å². The molecule has 2 rings (SSSR count). The van der Waals surface area contributed by atoms with Crippen LogP contribution in [0.3, 0.4) is 0 Å². The quantitative estimate of drug-likeness (QED) is 0.775. The van der Waals surface area contributed by atoms with Crippen LogP contribution in [0.5, 0.6) is 0 Å². The second-order valence-corrected chi connectivity index (χ2v) is 5.73. The number of rotatable bonds is 4. The minimum Gasteiger partial charge on any atom is -0.379 e. The van der Waals surface area contributed by atoms with Gasteiger partial charge in [-0.15, -0.1) is 0 Å². The number of hydrogen-bond donors (Lipinski definition) is 1. The van der Waals surface area contributed by atoms with Gasteiger partial charge in [0.05, 0.1) is 17.8 Å². The molecule has 2 heterocycles. The molecule has 3 unspecified atom stereocenters. The van der Waals surface area contributed by atoms with Crippen molar-refractivity contribution in [3.63, 3.8) is 0 Å². The lowest BCUT2D eigenvalue weighted by atomic mass is 9.77. The molecule has 2 saturated heterocycles. The zero-order valence-electron chi connectivity index (χ0n) is 10.1. The average molecular weight is 213 g/mol. The van der Waals surface area contributed by atoms with Gasteiger partial charge in [0.15, 0.2) is 0 Å². The summed E-state index contributed by atoms with van der Waals surface area (Å²) >= 11 is 0. The molecule has 2 aliphatic rings. The Morgan fingerprint density at radius 3 is 2.67 bits per heavy atom. The molecule has 0 aromatic heterocycles. The van der Waals surface area contributed by atoms with E-state index < -0.39 is 0 Å². The molecule has 0 aliphatic carbocycles. The van der Waals surface area contributed by atoms with Crippen molar-refractivity contribution in [2.45, 2.75) is 69.3 Å². The van der Waals surface area contributed by atoms with Crippen molar-refractivity contribution in [3.05, 3.63) is 0 Å². The second-order valence-electron chi connectivity index (χ2n) is 5.73. The fourth-order valence-electron chi connectivity index (χ4n) is 2.73. The van der Waals surface area contributed by atoms with Crippen LogP contribution < -0.4 is 5.73 Å². The van der Waals surface area contributed by atoms with Gasteiger partial charge in [-0.2, -0.15) is 0 Å². The standard InChI is InChI=1S/C12H23NO2/c1-11(2,14-3)6-7-12(13)8-9-4-5-10(12)15-9/h9-10H,4-8,13H2,1-3H3. The molecule has 2 N–H and O–H groups in total. The highest BCUT2D eigenvalue weighted by molar-refractivity contribution is 5.05. The van der Waals surface area contributed by atoms with Gasteiger partial charge in [-0.1, -0.05) is 0 Å². The normalized spacial score (nSPS) is 40.0. The van der Waals surface area contributed by atoms with E-state index >= 15 is 0 Å². The monoisotopic (exact) mass is 213 g/mol. The SMILES string of the molecule is COC(C)(C)CCC1(N)CC2CCC1O2. The molecule has 0 amide bonds. The molecular formula is C12H23NO2. The molecule has 15 heavy (non-hydrogen) atoms. The first-order chi connectivity index (χ1) is 6.95. The van der Waals surface area contributed by atoms with Gasteiger partial charge in [0.2, 0.25) is 0 Å². The molecule has 88 valence electrons. The lowest BCUT2D eigenvalue weighted by molar-refractivity contribution is 0.00424. The van der Waals surface area contributed by atoms with E-state index in [0.29, 0.717) is 12.2 Å². The summed E-state index contributed by atoms with van der Waals surface area (Å²) in [7, 11) is 1.76. The van der Waals surface area contributed by atoms with Crippen molar-refractivity contribution in [1.29, 1.82) is 0 Å². The largest absolute Gasteiger partial charge is 0.379 e. The minimum atomic E-state index is -0.0846. The summed E-state index contributed by atoms with van der Waals surface area (Å²) in [6.07, 6.45) is 6.14. The van der Waals surface area contributed by atoms with Gasteiger partial charge in [-0.05, 0) is 46.0 Å². The predicted octanol–water partition coefficient (Wildman–Crippen LogP) is 1.84. The van der Waals surface area contributed by atoms with Crippen LogP contribution in [0, 0.1) is 0 Å². The van der Waals surface area contributed by atoms with E-state index in [0.717, 1.165) is 25.7 Å². The summed E-state index contributed by atoms with van der Waals surface area (Å²) in [5.41, 5.74) is 6.28. The molecular weight excluding hydrogens is 190 g/mol. The lowest BCUT2D eigenvalue weighted by Crippen LogP contribution is -2.49. The van der Waals surface area contributed by atoms with Crippen LogP contribution in [0.15, 0.2) is 0 Å². The third-order valence-electron chi connectivity index (χ3n) is 4.10. The molecule has 3 atom stereocenters. The summed E-state index contributed by atoms with van der Waals surface area (Å²) in [4.78, 5) is 0. The number of fused-ring (bicyclic) bond motifs is 2. The van der Waals surface area contributed by atoms with Gasteiger partial charge >= 0.3 is 0 Å². The van der Waals surface area contributed by atoms with Crippen molar-refractivity contribution < 1.29 is 9.47 Å². The predicted molar refractivity (Wildman–Crippen MR) is 59.8 cm³/mol. The van der Waals surface area contributed by atoms with Crippen LogP contribution in [-0.4, -0.2) is 30.5 Å². The summed E-state index contributed by atoms with van der Waals surface area (Å²) < 4.78 is 11.2. The molecule has 3 nitrogen and oxygen atoms in total. The van der Waals surface area contributed by atoms with Crippen LogP contribution in [0.25, 0.3) is 0 Å². The number of nitrogens with two attached hydrogens (primary N) is 1. The van der Waals surface area contributed by atoms with Crippen LogP contribution in [-0.2, 0) is 9.47 Å². The van der Waals surface area contributed by atoms with Gasteiger partial charge in [-0.25, -0.2) is 0 Å². The van der Waals surface area contributed by atoms with Gasteiger partial charge in [-0.3, -0.25) is 0 Å². The summed E-state index contributed by atoms with van der Waals surface area (Å²) in [6.45, 7) is 4.23. The third-order valence-corrected chi connectivity index (χ3v) is 4.10. The second kappa shape index (κ2) is 3.72. The van der Waals surface area contributed by atoms with Gasteiger partial charge in [0.25, 0.3) is 0 Å². The third kappa shape index (κ3) is 2.19. The first kappa shape index (κ1) is 11.4. The lowest BCUT2D eigenvalue weighted by Gasteiger charge is -2.34. The van der Waals surface area contributed by atoms with Gasteiger partial charge < -0.3 is 15.2 Å². The highest BCUT2D eigenvalue weighted by Gasteiger charge is 2.49. The molecule has 0 saturated carbocycles. The van der Waals surface area contributed by atoms with E-state index in [1.165, 1.54) is 6.42 Å². The van der Waals surface area contributed by atoms with Crippen molar-refractivity contribution in [2.75, 3.05) is 7.11 Å². The Morgan fingerprint density at radius 2 is 2.20 bits per heavy atom. The van der Waals surface area contributed by atoms with E-state index in [1.807, 2.05) is 0 Å². The van der Waals surface area contributed by atoms with Crippen LogP contribution in [0.2, 0.25) is 0 Å². The Hall–Kier alpha value is -0.120. The fraction of sp³-hybridized carbons (Fsp3) is 1.00. The summed E-state index contributed by atoms with van der Waals surface area (Å²) in [5.74, 6) is 0. The Balaban J connectivity index is 1.89. The smallest absolute Gasteiger partial charge is 0.0760 e. The van der Waals surface area contributed by atoms with E-state index in [4.69, 9.17) is 15.2 Å². The van der Waals surface area contributed by atoms with Crippen molar-refractivity contribution >= 4 is 0 Å². The van der Waals surface area contributed by atoms with Gasteiger partial charge in [0, 0.05) is 12.6 Å². The van der Waals surface area contributed by atoms with Crippen molar-refractivity contribution in [3.8, 4) is 0 Å². The number of hydrogen-bond acceptors (Lipinski definition) is 3. The maximum atomic E-state index is 6.43. The zero-order chi connectivity index (χ0) is 11.1. The Labute approximate surface area is 92.3 Å². The number of methoxy groups -OCH3 is 1. The Morgan fingerprint density at radius 1 is 1.47 bits per heavy atom. The maximum absolute atomic E-state index is 6.43. The molecule has 2 aliphatic heterocycles. The average Bonchev–Trinajstić information content (AvgIpc) is 2.75. The summed E-state index contributed by atoms with van der Waals surface area (Å²) in [5, 5.41) is 0. The van der Waals surface area contributed by atoms with E-state index in [1.54, 1.807) is 7.11 Å². The summed E-state index contributed by atoms with van der Waals surface area (Å²) in [6, 6.07) is 0. The van der Waals surface area contributed by atoms with Gasteiger partial charge in [0.1, 0.15) is 0 Å². The molecule has 0 spiro atoms.